The summed E-state index contributed by atoms with van der Waals surface area (Å²) in [5.41, 5.74) is 5.86. The summed E-state index contributed by atoms with van der Waals surface area (Å²) in [5, 5.41) is 2.59. The molecule has 0 saturated heterocycles. The maximum Gasteiger partial charge on any atom is 0.241 e. The molecule has 18 heavy (non-hydrogen) atoms. The predicted molar refractivity (Wildman–Crippen MR) is 69.3 cm³/mol. The van der Waals surface area contributed by atoms with E-state index in [4.69, 9.17) is 5.73 Å². The van der Waals surface area contributed by atoms with Gasteiger partial charge in [-0.2, -0.15) is 0 Å². The van der Waals surface area contributed by atoms with Gasteiger partial charge in [0.15, 0.2) is 0 Å². The van der Waals surface area contributed by atoms with Crippen LogP contribution in [0.2, 0.25) is 0 Å². The molecule has 100 valence electrons. The molecule has 7 heteroatoms. The summed E-state index contributed by atoms with van der Waals surface area (Å²) in [6, 6.07) is 5.85. The summed E-state index contributed by atoms with van der Waals surface area (Å²) < 4.78 is 25.9. The fourth-order valence-corrected chi connectivity index (χ4v) is 2.34. The second kappa shape index (κ2) is 5.83. The molecule has 1 rings (SSSR count). The van der Waals surface area contributed by atoms with Gasteiger partial charge in [-0.15, -0.1) is 0 Å². The van der Waals surface area contributed by atoms with Crippen LogP contribution in [-0.4, -0.2) is 26.9 Å². The van der Waals surface area contributed by atoms with E-state index in [9.17, 15) is 13.2 Å². The van der Waals surface area contributed by atoms with Gasteiger partial charge in [-0.3, -0.25) is 4.79 Å². The first-order valence-electron chi connectivity index (χ1n) is 5.46. The normalized spacial score (nSPS) is 11.5. The van der Waals surface area contributed by atoms with Crippen molar-refractivity contribution in [3.05, 3.63) is 24.3 Å². The lowest BCUT2D eigenvalue weighted by molar-refractivity contribution is -0.120. The molecular formula is C11H17N3O3S. The first kappa shape index (κ1) is 14.5. The maximum absolute atomic E-state index is 11.8. The number of nitrogen functional groups attached to an aromatic ring is 1. The molecule has 0 aliphatic carbocycles. The molecule has 0 radical (unpaired) electrons. The van der Waals surface area contributed by atoms with Gasteiger partial charge in [-0.05, 0) is 32.0 Å². The van der Waals surface area contributed by atoms with E-state index >= 15 is 0 Å². The number of rotatable bonds is 5. The van der Waals surface area contributed by atoms with Crippen molar-refractivity contribution in [2.24, 2.45) is 0 Å². The van der Waals surface area contributed by atoms with E-state index in [-0.39, 0.29) is 23.4 Å². The van der Waals surface area contributed by atoms with E-state index in [1.54, 1.807) is 19.9 Å². The number of nitrogens with two attached hydrogens (primary N) is 1. The fraction of sp³-hybridized carbons (Fsp3) is 0.364. The van der Waals surface area contributed by atoms with Crippen molar-refractivity contribution in [3.8, 4) is 0 Å². The number of hydrogen-bond acceptors (Lipinski definition) is 4. The SMILES string of the molecule is CC(C)NC(=O)CNS(=O)(=O)c1cccc(N)c1. The van der Waals surface area contributed by atoms with Crippen LogP contribution in [-0.2, 0) is 14.8 Å². The molecule has 0 fully saturated rings. The van der Waals surface area contributed by atoms with Gasteiger partial charge in [-0.1, -0.05) is 6.07 Å². The third-order valence-corrected chi connectivity index (χ3v) is 3.44. The van der Waals surface area contributed by atoms with Gasteiger partial charge in [0.1, 0.15) is 0 Å². The highest BCUT2D eigenvalue weighted by Crippen LogP contribution is 2.11. The minimum absolute atomic E-state index is 0.0330. The lowest BCUT2D eigenvalue weighted by Gasteiger charge is -2.10. The zero-order valence-corrected chi connectivity index (χ0v) is 11.1. The first-order chi connectivity index (χ1) is 8.31. The molecule has 0 spiro atoms. The minimum atomic E-state index is -3.70. The quantitative estimate of drug-likeness (QED) is 0.660. The molecule has 6 nitrogen and oxygen atoms in total. The number of sulfonamides is 1. The monoisotopic (exact) mass is 271 g/mol. The second-order valence-corrected chi connectivity index (χ2v) is 5.89. The Labute approximate surface area is 107 Å². The largest absolute Gasteiger partial charge is 0.399 e. The van der Waals surface area contributed by atoms with Gasteiger partial charge in [0.2, 0.25) is 15.9 Å². The molecule has 0 unspecified atom stereocenters. The van der Waals surface area contributed by atoms with E-state index in [2.05, 4.69) is 10.0 Å². The van der Waals surface area contributed by atoms with Crippen molar-refractivity contribution in [1.29, 1.82) is 0 Å². The van der Waals surface area contributed by atoms with Crippen LogP contribution in [0, 0.1) is 0 Å². The number of anilines is 1. The van der Waals surface area contributed by atoms with E-state index in [1.807, 2.05) is 0 Å². The Hall–Kier alpha value is -1.60. The summed E-state index contributed by atoms with van der Waals surface area (Å²) in [5.74, 6) is -0.377. The zero-order chi connectivity index (χ0) is 13.8. The van der Waals surface area contributed by atoms with E-state index in [0.717, 1.165) is 0 Å². The average Bonchev–Trinajstić information content (AvgIpc) is 2.26. The van der Waals surface area contributed by atoms with Gasteiger partial charge >= 0.3 is 0 Å². The molecule has 4 N–H and O–H groups in total. The van der Waals surface area contributed by atoms with Gasteiger partial charge < -0.3 is 11.1 Å². The molecule has 0 saturated carbocycles. The maximum atomic E-state index is 11.8. The van der Waals surface area contributed by atoms with Gasteiger partial charge in [-0.25, -0.2) is 13.1 Å². The first-order valence-corrected chi connectivity index (χ1v) is 6.94. The molecule has 0 bridgehead atoms. The second-order valence-electron chi connectivity index (χ2n) is 4.12. The van der Waals surface area contributed by atoms with Crippen LogP contribution >= 0.6 is 0 Å². The Morgan fingerprint density at radius 2 is 2.06 bits per heavy atom. The Balaban J connectivity index is 2.69. The van der Waals surface area contributed by atoms with Gasteiger partial charge in [0.25, 0.3) is 0 Å². The minimum Gasteiger partial charge on any atom is -0.399 e. The van der Waals surface area contributed by atoms with Crippen molar-refractivity contribution in [2.45, 2.75) is 24.8 Å². The van der Waals surface area contributed by atoms with Gasteiger partial charge in [0, 0.05) is 11.7 Å². The zero-order valence-electron chi connectivity index (χ0n) is 10.3. The summed E-state index contributed by atoms with van der Waals surface area (Å²) in [6.45, 7) is 3.30. The van der Waals surface area contributed by atoms with Crippen molar-refractivity contribution in [1.82, 2.24) is 10.0 Å². The van der Waals surface area contributed by atoms with E-state index in [1.165, 1.54) is 18.2 Å². The average molecular weight is 271 g/mol. The van der Waals surface area contributed by atoms with Crippen LogP contribution in [0.15, 0.2) is 29.2 Å². The molecule has 0 heterocycles. The number of nitrogens with one attached hydrogen (secondary N) is 2. The van der Waals surface area contributed by atoms with Crippen molar-refractivity contribution >= 4 is 21.6 Å². The standard InChI is InChI=1S/C11H17N3O3S/c1-8(2)14-11(15)7-13-18(16,17)10-5-3-4-9(12)6-10/h3-6,8,13H,7,12H2,1-2H3,(H,14,15). The summed E-state index contributed by atoms with van der Waals surface area (Å²) >= 11 is 0. The topological polar surface area (TPSA) is 101 Å². The van der Waals surface area contributed by atoms with E-state index in [0.29, 0.717) is 5.69 Å². The van der Waals surface area contributed by atoms with E-state index < -0.39 is 10.0 Å². The molecule has 0 atom stereocenters. The number of carbonyl (C=O) groups excluding carboxylic acids is 1. The summed E-state index contributed by atoms with van der Waals surface area (Å²) in [6.07, 6.45) is 0. The highest BCUT2D eigenvalue weighted by Gasteiger charge is 2.15. The van der Waals surface area contributed by atoms with Crippen molar-refractivity contribution < 1.29 is 13.2 Å². The number of hydrogen-bond donors (Lipinski definition) is 3. The Kier molecular flexibility index (Phi) is 4.69. The highest BCUT2D eigenvalue weighted by atomic mass is 32.2. The Morgan fingerprint density at radius 1 is 1.39 bits per heavy atom. The number of benzene rings is 1. The molecule has 0 aliphatic rings. The smallest absolute Gasteiger partial charge is 0.241 e. The molecule has 0 aliphatic heterocycles. The Bertz CT molecular complexity index is 526. The number of amides is 1. The lowest BCUT2D eigenvalue weighted by Crippen LogP contribution is -2.39. The lowest BCUT2D eigenvalue weighted by atomic mass is 10.3. The van der Waals surface area contributed by atoms with Crippen LogP contribution in [0.5, 0.6) is 0 Å². The van der Waals surface area contributed by atoms with Gasteiger partial charge in [0.05, 0.1) is 11.4 Å². The van der Waals surface area contributed by atoms with Crippen molar-refractivity contribution in [3.63, 3.8) is 0 Å². The van der Waals surface area contributed by atoms with Crippen LogP contribution in [0.25, 0.3) is 0 Å². The molecule has 1 aromatic carbocycles. The molecule has 1 amide bonds. The third-order valence-electron chi connectivity index (χ3n) is 2.04. The van der Waals surface area contributed by atoms with Crippen LogP contribution in [0.3, 0.4) is 0 Å². The summed E-state index contributed by atoms with van der Waals surface area (Å²) in [7, 11) is -3.70. The molecule has 1 aromatic rings. The molecular weight excluding hydrogens is 254 g/mol. The Morgan fingerprint density at radius 3 is 2.61 bits per heavy atom. The third kappa shape index (κ3) is 4.34. The van der Waals surface area contributed by atoms with Crippen LogP contribution in [0.4, 0.5) is 5.69 Å². The predicted octanol–water partition coefficient (Wildman–Crippen LogP) is 0.0717. The molecule has 0 aromatic heterocycles. The van der Waals surface area contributed by atoms with Crippen LogP contribution in [0.1, 0.15) is 13.8 Å². The summed E-state index contributed by atoms with van der Waals surface area (Å²) in [4.78, 5) is 11.4. The highest BCUT2D eigenvalue weighted by molar-refractivity contribution is 7.89. The van der Waals surface area contributed by atoms with Crippen molar-refractivity contribution in [2.75, 3.05) is 12.3 Å². The van der Waals surface area contributed by atoms with Crippen LogP contribution < -0.4 is 15.8 Å². The number of carbonyl (C=O) groups is 1. The fourth-order valence-electron chi connectivity index (χ4n) is 1.30.